The summed E-state index contributed by atoms with van der Waals surface area (Å²) in [6.45, 7) is 16.0. The molecule has 0 saturated carbocycles. The van der Waals surface area contributed by atoms with E-state index >= 15 is 0 Å². The zero-order valence-electron chi connectivity index (χ0n) is 25.9. The number of hydrogen-bond acceptors (Lipinski definition) is 11. The number of esters is 2. The maximum Gasteiger partial charge on any atom is 0.513 e. The van der Waals surface area contributed by atoms with Crippen LogP contribution in [0.1, 0.15) is 73.8 Å². The molecule has 232 valence electrons. The van der Waals surface area contributed by atoms with Crippen molar-refractivity contribution in [3.05, 3.63) is 23.8 Å². The molecule has 0 aliphatic heterocycles. The van der Waals surface area contributed by atoms with Crippen LogP contribution in [-0.4, -0.2) is 63.8 Å². The van der Waals surface area contributed by atoms with Gasteiger partial charge in [-0.25, -0.2) is 9.59 Å². The number of hydrogen-bond donors (Lipinski definition) is 1. The van der Waals surface area contributed by atoms with Gasteiger partial charge >= 0.3 is 24.2 Å². The number of ether oxygens (including phenoxy) is 6. The molecule has 0 radical (unpaired) electrons. The molecule has 41 heavy (non-hydrogen) atoms. The Kier molecular flexibility index (Phi) is 14.6. The summed E-state index contributed by atoms with van der Waals surface area (Å²) in [7, 11) is 1.27. The van der Waals surface area contributed by atoms with E-state index in [4.69, 9.17) is 28.4 Å². The molecular formula is C30H47NO10. The minimum absolute atomic E-state index is 0.0590. The predicted octanol–water partition coefficient (Wildman–Crippen LogP) is 5.46. The van der Waals surface area contributed by atoms with Crippen LogP contribution in [0, 0.1) is 16.7 Å². The molecule has 0 aliphatic rings. The molecule has 0 aliphatic carbocycles. The smallest absolute Gasteiger partial charge is 0.468 e. The highest BCUT2D eigenvalue weighted by molar-refractivity contribution is 5.76. The quantitative estimate of drug-likeness (QED) is 0.130. The van der Waals surface area contributed by atoms with Gasteiger partial charge in [-0.15, -0.1) is 0 Å². The second kappa shape index (κ2) is 16.8. The Morgan fingerprint density at radius 2 is 1.39 bits per heavy atom. The molecule has 0 fully saturated rings. The van der Waals surface area contributed by atoms with Crippen molar-refractivity contribution in [3.8, 4) is 11.5 Å². The summed E-state index contributed by atoms with van der Waals surface area (Å²) in [5, 5.41) is 3.02. The molecule has 0 aromatic heterocycles. The Morgan fingerprint density at radius 1 is 0.829 bits per heavy atom. The normalized spacial score (nSPS) is 12.3. The van der Waals surface area contributed by atoms with Crippen LogP contribution < -0.4 is 14.8 Å². The highest BCUT2D eigenvalue weighted by Gasteiger charge is 2.23. The SMILES string of the molecule is COC(=O)[C@H](Cc1ccc(OC(=O)OCC(C)(C)C)c(OC(=O)OCC(C)(C)C)c1)NCCOC(=O)CCC(C)C. The highest BCUT2D eigenvalue weighted by atomic mass is 16.7. The first kappa shape index (κ1) is 35.7. The number of carbonyl (C=O) groups is 4. The summed E-state index contributed by atoms with van der Waals surface area (Å²) in [6, 6.07) is 3.72. The third kappa shape index (κ3) is 16.5. The number of carbonyl (C=O) groups excluding carboxylic acids is 4. The van der Waals surface area contributed by atoms with Crippen LogP contribution in [0.25, 0.3) is 0 Å². The minimum atomic E-state index is -0.980. The molecule has 1 aromatic carbocycles. The summed E-state index contributed by atoms with van der Waals surface area (Å²) in [5.74, 6) is -0.585. The zero-order valence-corrected chi connectivity index (χ0v) is 25.9. The van der Waals surface area contributed by atoms with Crippen LogP contribution in [0.5, 0.6) is 11.5 Å². The van der Waals surface area contributed by atoms with Crippen LogP contribution in [0.3, 0.4) is 0 Å². The van der Waals surface area contributed by atoms with Crippen molar-refractivity contribution < 1.29 is 47.6 Å². The number of methoxy groups -OCH3 is 1. The Morgan fingerprint density at radius 3 is 1.90 bits per heavy atom. The summed E-state index contributed by atoms with van der Waals surface area (Å²) >= 11 is 0. The van der Waals surface area contributed by atoms with E-state index in [2.05, 4.69) is 5.32 Å². The molecule has 1 atom stereocenters. The lowest BCUT2D eigenvalue weighted by Gasteiger charge is -2.20. The molecule has 0 unspecified atom stereocenters. The zero-order chi connectivity index (χ0) is 31.2. The summed E-state index contributed by atoms with van der Waals surface area (Å²) in [5.41, 5.74) is -0.00344. The van der Waals surface area contributed by atoms with E-state index in [1.54, 1.807) is 6.07 Å². The fourth-order valence-corrected chi connectivity index (χ4v) is 3.13. The molecule has 1 aromatic rings. The van der Waals surface area contributed by atoms with Crippen LogP contribution >= 0.6 is 0 Å². The van der Waals surface area contributed by atoms with Crippen molar-refractivity contribution in [1.82, 2.24) is 5.32 Å². The molecule has 0 saturated heterocycles. The molecule has 0 bridgehead atoms. The van der Waals surface area contributed by atoms with Crippen LogP contribution in [0.4, 0.5) is 9.59 Å². The fourth-order valence-electron chi connectivity index (χ4n) is 3.13. The molecule has 0 heterocycles. The summed E-state index contributed by atoms with van der Waals surface area (Å²) in [4.78, 5) is 49.0. The van der Waals surface area contributed by atoms with Crippen molar-refractivity contribution in [3.63, 3.8) is 0 Å². The second-order valence-electron chi connectivity index (χ2n) is 12.6. The van der Waals surface area contributed by atoms with Gasteiger partial charge in [-0.1, -0.05) is 61.5 Å². The third-order valence-electron chi connectivity index (χ3n) is 5.25. The lowest BCUT2D eigenvalue weighted by Crippen LogP contribution is -2.41. The maximum atomic E-state index is 12.4. The van der Waals surface area contributed by atoms with Crippen LogP contribution in [-0.2, 0) is 35.0 Å². The average Bonchev–Trinajstić information content (AvgIpc) is 2.87. The van der Waals surface area contributed by atoms with Gasteiger partial charge in [0.05, 0.1) is 20.3 Å². The van der Waals surface area contributed by atoms with Gasteiger partial charge < -0.3 is 33.7 Å². The Balaban J connectivity index is 3.00. The number of benzene rings is 1. The average molecular weight is 582 g/mol. The van der Waals surface area contributed by atoms with Crippen molar-refractivity contribution in [2.75, 3.05) is 33.5 Å². The third-order valence-corrected chi connectivity index (χ3v) is 5.25. The highest BCUT2D eigenvalue weighted by Crippen LogP contribution is 2.30. The van der Waals surface area contributed by atoms with Gasteiger partial charge in [-0.05, 0) is 47.3 Å². The molecule has 0 amide bonds. The second-order valence-corrected chi connectivity index (χ2v) is 12.6. The molecule has 11 heteroatoms. The van der Waals surface area contributed by atoms with Crippen LogP contribution in [0.15, 0.2) is 18.2 Å². The van der Waals surface area contributed by atoms with Gasteiger partial charge in [0.25, 0.3) is 0 Å². The first-order valence-electron chi connectivity index (χ1n) is 13.8. The fraction of sp³-hybridized carbons (Fsp3) is 0.667. The largest absolute Gasteiger partial charge is 0.513 e. The predicted molar refractivity (Wildman–Crippen MR) is 152 cm³/mol. The van der Waals surface area contributed by atoms with Crippen molar-refractivity contribution in [2.24, 2.45) is 16.7 Å². The van der Waals surface area contributed by atoms with Crippen molar-refractivity contribution in [1.29, 1.82) is 0 Å². The first-order valence-corrected chi connectivity index (χ1v) is 13.8. The Hall–Kier alpha value is -3.34. The van der Waals surface area contributed by atoms with E-state index < -0.39 is 24.3 Å². The Bertz CT molecular complexity index is 1010. The van der Waals surface area contributed by atoms with E-state index in [-0.39, 0.29) is 61.1 Å². The van der Waals surface area contributed by atoms with Gasteiger partial charge in [-0.3, -0.25) is 9.59 Å². The topological polar surface area (TPSA) is 136 Å². The van der Waals surface area contributed by atoms with Gasteiger partial charge in [0, 0.05) is 13.0 Å². The lowest BCUT2D eigenvalue weighted by atomic mass is 9.99. The molecule has 0 spiro atoms. The van der Waals surface area contributed by atoms with Crippen molar-refractivity contribution in [2.45, 2.75) is 80.7 Å². The van der Waals surface area contributed by atoms with Gasteiger partial charge in [-0.2, -0.15) is 0 Å². The maximum absolute atomic E-state index is 12.4. The Labute approximate surface area is 243 Å². The molecular weight excluding hydrogens is 534 g/mol. The standard InChI is InChI=1S/C30H47NO10/c1-20(2)10-13-25(32)37-15-14-31-22(26(33)36-9)16-21-11-12-23(40-27(34)38-18-29(3,4)5)24(17-21)41-28(35)39-19-30(6,7)8/h11-12,17,20,22,31H,10,13-16,18-19H2,1-9H3/t22-/m0/s1. The first-order chi connectivity index (χ1) is 19.0. The van der Waals surface area contributed by atoms with E-state index in [1.807, 2.05) is 55.4 Å². The lowest BCUT2D eigenvalue weighted by molar-refractivity contribution is -0.144. The van der Waals surface area contributed by atoms with E-state index in [0.717, 1.165) is 6.42 Å². The van der Waals surface area contributed by atoms with Gasteiger partial charge in [0.2, 0.25) is 0 Å². The number of nitrogens with one attached hydrogen (secondary N) is 1. The van der Waals surface area contributed by atoms with Gasteiger partial charge in [0.1, 0.15) is 12.6 Å². The minimum Gasteiger partial charge on any atom is -0.468 e. The van der Waals surface area contributed by atoms with E-state index in [0.29, 0.717) is 17.9 Å². The van der Waals surface area contributed by atoms with Crippen LogP contribution in [0.2, 0.25) is 0 Å². The van der Waals surface area contributed by atoms with Gasteiger partial charge in [0.15, 0.2) is 11.5 Å². The monoisotopic (exact) mass is 581 g/mol. The number of rotatable bonds is 14. The molecule has 1 rings (SSSR count). The van der Waals surface area contributed by atoms with Crippen molar-refractivity contribution >= 4 is 24.2 Å². The van der Waals surface area contributed by atoms with E-state index in [9.17, 15) is 19.2 Å². The summed E-state index contributed by atoms with van der Waals surface area (Å²) in [6.07, 6.45) is -0.739. The van der Waals surface area contributed by atoms with E-state index in [1.165, 1.54) is 19.2 Å². The summed E-state index contributed by atoms with van der Waals surface area (Å²) < 4.78 is 31.2. The molecule has 11 nitrogen and oxygen atoms in total. The molecule has 1 N–H and O–H groups in total.